The van der Waals surface area contributed by atoms with E-state index in [-0.39, 0.29) is 11.9 Å². The van der Waals surface area contributed by atoms with Gasteiger partial charge in [-0.15, -0.1) is 0 Å². The molecule has 1 aliphatic heterocycles. The highest BCUT2D eigenvalue weighted by atomic mass is 35.5. The van der Waals surface area contributed by atoms with E-state index < -0.39 is 0 Å². The van der Waals surface area contributed by atoms with Gasteiger partial charge in [-0.1, -0.05) is 23.7 Å². The molecule has 0 spiro atoms. The third kappa shape index (κ3) is 3.43. The minimum Gasteiger partial charge on any atom is -0.446 e. The largest absolute Gasteiger partial charge is 0.446 e. The standard InChI is InChI=1S/C15H16ClN3O2/c16-11-4-1-3-10(7-11)8-18-14(20)13-9-21-15(19-13)12-5-2-6-17-12/h1,3-4,7,9,12,17H,2,5-6,8H2,(H,18,20). The van der Waals surface area contributed by atoms with Crippen molar-refractivity contribution in [2.45, 2.75) is 25.4 Å². The number of rotatable bonds is 4. The molecule has 1 fully saturated rings. The summed E-state index contributed by atoms with van der Waals surface area (Å²) in [6.45, 7) is 1.37. The van der Waals surface area contributed by atoms with Crippen LogP contribution in [0, 0.1) is 0 Å². The monoisotopic (exact) mass is 305 g/mol. The fraction of sp³-hybridized carbons (Fsp3) is 0.333. The molecule has 2 aromatic rings. The second kappa shape index (κ2) is 6.28. The Labute approximate surface area is 127 Å². The summed E-state index contributed by atoms with van der Waals surface area (Å²) in [6, 6.07) is 7.50. The Morgan fingerprint density at radius 1 is 1.52 bits per heavy atom. The summed E-state index contributed by atoms with van der Waals surface area (Å²) in [7, 11) is 0. The van der Waals surface area contributed by atoms with Crippen molar-refractivity contribution >= 4 is 17.5 Å². The lowest BCUT2D eigenvalue weighted by atomic mass is 10.2. The van der Waals surface area contributed by atoms with Crippen molar-refractivity contribution in [1.29, 1.82) is 0 Å². The highest BCUT2D eigenvalue weighted by Gasteiger charge is 2.22. The molecule has 2 N–H and O–H groups in total. The first kappa shape index (κ1) is 14.1. The molecule has 3 rings (SSSR count). The number of nitrogens with zero attached hydrogens (tertiary/aromatic N) is 1. The summed E-state index contributed by atoms with van der Waals surface area (Å²) in [6.07, 6.45) is 3.50. The number of hydrogen-bond acceptors (Lipinski definition) is 4. The Morgan fingerprint density at radius 2 is 2.43 bits per heavy atom. The van der Waals surface area contributed by atoms with Gasteiger partial charge in [0, 0.05) is 11.6 Å². The van der Waals surface area contributed by atoms with E-state index in [9.17, 15) is 4.79 Å². The average molecular weight is 306 g/mol. The van der Waals surface area contributed by atoms with Crippen LogP contribution in [0.1, 0.15) is 40.8 Å². The summed E-state index contributed by atoms with van der Waals surface area (Å²) in [5.41, 5.74) is 1.25. The van der Waals surface area contributed by atoms with Crippen molar-refractivity contribution in [3.8, 4) is 0 Å². The van der Waals surface area contributed by atoms with Gasteiger partial charge in [-0.3, -0.25) is 4.79 Å². The van der Waals surface area contributed by atoms with Crippen molar-refractivity contribution in [2.75, 3.05) is 6.54 Å². The van der Waals surface area contributed by atoms with Gasteiger partial charge in [0.2, 0.25) is 5.89 Å². The normalized spacial score (nSPS) is 17.9. The van der Waals surface area contributed by atoms with Crippen LogP contribution in [0.2, 0.25) is 5.02 Å². The minimum atomic E-state index is -0.247. The molecule has 1 amide bonds. The lowest BCUT2D eigenvalue weighted by Crippen LogP contribution is -2.23. The van der Waals surface area contributed by atoms with Gasteiger partial charge in [-0.2, -0.15) is 0 Å². The van der Waals surface area contributed by atoms with Crippen LogP contribution >= 0.6 is 11.6 Å². The second-order valence-electron chi connectivity index (χ2n) is 5.03. The van der Waals surface area contributed by atoms with Crippen molar-refractivity contribution in [1.82, 2.24) is 15.6 Å². The zero-order valence-electron chi connectivity index (χ0n) is 11.4. The van der Waals surface area contributed by atoms with Gasteiger partial charge in [0.1, 0.15) is 6.26 Å². The lowest BCUT2D eigenvalue weighted by Gasteiger charge is -2.04. The number of hydrogen-bond donors (Lipinski definition) is 2. The van der Waals surface area contributed by atoms with Crippen molar-refractivity contribution in [3.05, 3.63) is 52.7 Å². The highest BCUT2D eigenvalue weighted by Crippen LogP contribution is 2.22. The number of carbonyl (C=O) groups excluding carboxylic acids is 1. The first-order chi connectivity index (χ1) is 10.2. The summed E-state index contributed by atoms with van der Waals surface area (Å²) in [5.74, 6) is 0.336. The van der Waals surface area contributed by atoms with E-state index in [0.717, 1.165) is 24.9 Å². The van der Waals surface area contributed by atoms with Crippen molar-refractivity contribution in [3.63, 3.8) is 0 Å². The maximum atomic E-state index is 12.0. The Balaban J connectivity index is 1.60. The van der Waals surface area contributed by atoms with Crippen LogP contribution in [0.3, 0.4) is 0 Å². The third-order valence-electron chi connectivity index (χ3n) is 3.46. The molecule has 110 valence electrons. The summed E-state index contributed by atoms with van der Waals surface area (Å²) < 4.78 is 5.39. The molecule has 1 atom stereocenters. The molecule has 6 heteroatoms. The van der Waals surface area contributed by atoms with Crippen LogP contribution in [0.4, 0.5) is 0 Å². The maximum absolute atomic E-state index is 12.0. The third-order valence-corrected chi connectivity index (χ3v) is 3.69. The quantitative estimate of drug-likeness (QED) is 0.911. The van der Waals surface area contributed by atoms with Gasteiger partial charge in [0.25, 0.3) is 5.91 Å². The molecule has 0 bridgehead atoms. The zero-order valence-corrected chi connectivity index (χ0v) is 12.2. The van der Waals surface area contributed by atoms with E-state index in [2.05, 4.69) is 15.6 Å². The smallest absolute Gasteiger partial charge is 0.273 e. The number of carbonyl (C=O) groups is 1. The van der Waals surface area contributed by atoms with Crippen LogP contribution in [0.15, 0.2) is 34.9 Å². The molecule has 0 aliphatic carbocycles. The first-order valence-corrected chi connectivity index (χ1v) is 7.31. The van der Waals surface area contributed by atoms with Gasteiger partial charge >= 0.3 is 0 Å². The van der Waals surface area contributed by atoms with Crippen LogP contribution in [0.25, 0.3) is 0 Å². The van der Waals surface area contributed by atoms with Gasteiger partial charge in [-0.25, -0.2) is 4.98 Å². The van der Waals surface area contributed by atoms with E-state index in [1.165, 1.54) is 6.26 Å². The maximum Gasteiger partial charge on any atom is 0.273 e. The Hall–Kier alpha value is -1.85. The molecule has 1 aromatic carbocycles. The molecule has 1 unspecified atom stereocenters. The van der Waals surface area contributed by atoms with Gasteiger partial charge in [0.15, 0.2) is 5.69 Å². The molecule has 1 saturated heterocycles. The number of halogens is 1. The van der Waals surface area contributed by atoms with Crippen LogP contribution in [-0.2, 0) is 6.54 Å². The average Bonchev–Trinajstić information content (AvgIpc) is 3.15. The Morgan fingerprint density at radius 3 is 3.19 bits per heavy atom. The topological polar surface area (TPSA) is 67.2 Å². The molecular formula is C15H16ClN3O2. The molecule has 1 aromatic heterocycles. The molecule has 2 heterocycles. The summed E-state index contributed by atoms with van der Waals surface area (Å²) in [5, 5.41) is 6.74. The van der Waals surface area contributed by atoms with Crippen molar-refractivity contribution < 1.29 is 9.21 Å². The number of benzene rings is 1. The molecule has 1 aliphatic rings. The van der Waals surface area contributed by atoms with E-state index in [0.29, 0.717) is 23.2 Å². The minimum absolute atomic E-state index is 0.125. The number of nitrogens with one attached hydrogen (secondary N) is 2. The van der Waals surface area contributed by atoms with E-state index in [4.69, 9.17) is 16.0 Å². The molecular weight excluding hydrogens is 290 g/mol. The van der Waals surface area contributed by atoms with Gasteiger partial charge in [-0.05, 0) is 37.1 Å². The van der Waals surface area contributed by atoms with Crippen LogP contribution in [-0.4, -0.2) is 17.4 Å². The Bertz CT molecular complexity index is 635. The number of aromatic nitrogens is 1. The fourth-order valence-corrected chi connectivity index (χ4v) is 2.58. The lowest BCUT2D eigenvalue weighted by molar-refractivity contribution is 0.0946. The predicted molar refractivity (Wildman–Crippen MR) is 79.1 cm³/mol. The van der Waals surface area contributed by atoms with Crippen molar-refractivity contribution in [2.24, 2.45) is 0 Å². The molecule has 0 saturated carbocycles. The van der Waals surface area contributed by atoms with E-state index in [1.54, 1.807) is 6.07 Å². The van der Waals surface area contributed by atoms with Gasteiger partial charge < -0.3 is 15.1 Å². The molecule has 5 nitrogen and oxygen atoms in total. The predicted octanol–water partition coefficient (Wildman–Crippen LogP) is 2.68. The molecule has 21 heavy (non-hydrogen) atoms. The summed E-state index contributed by atoms with van der Waals surface area (Å²) >= 11 is 5.91. The van der Waals surface area contributed by atoms with E-state index in [1.807, 2.05) is 18.2 Å². The SMILES string of the molecule is O=C(NCc1cccc(Cl)c1)c1coc(C2CCCN2)n1. The Kier molecular flexibility index (Phi) is 4.22. The van der Waals surface area contributed by atoms with Crippen LogP contribution < -0.4 is 10.6 Å². The highest BCUT2D eigenvalue weighted by molar-refractivity contribution is 6.30. The first-order valence-electron chi connectivity index (χ1n) is 6.94. The summed E-state index contributed by atoms with van der Waals surface area (Å²) in [4.78, 5) is 16.3. The number of amides is 1. The zero-order chi connectivity index (χ0) is 14.7. The molecule has 0 radical (unpaired) electrons. The number of oxazole rings is 1. The van der Waals surface area contributed by atoms with Crippen LogP contribution in [0.5, 0.6) is 0 Å². The van der Waals surface area contributed by atoms with Gasteiger partial charge in [0.05, 0.1) is 6.04 Å². The second-order valence-corrected chi connectivity index (χ2v) is 5.47. The van der Waals surface area contributed by atoms with E-state index >= 15 is 0 Å². The fourth-order valence-electron chi connectivity index (χ4n) is 2.37.